The van der Waals surface area contributed by atoms with Gasteiger partial charge < -0.3 is 10.6 Å². The third-order valence-corrected chi connectivity index (χ3v) is 4.34. The molecule has 2 aromatic rings. The highest BCUT2D eigenvalue weighted by atomic mass is 79.9. The fourth-order valence-electron chi connectivity index (χ4n) is 2.28. The average Bonchev–Trinajstić information content (AvgIpc) is 2.58. The summed E-state index contributed by atoms with van der Waals surface area (Å²) in [6.07, 6.45) is 0. The second-order valence-electron chi connectivity index (χ2n) is 6.85. The van der Waals surface area contributed by atoms with Crippen LogP contribution in [0.3, 0.4) is 0 Å². The van der Waals surface area contributed by atoms with E-state index in [1.54, 1.807) is 12.1 Å². The Morgan fingerprint density at radius 2 is 1.20 bits per heavy atom. The van der Waals surface area contributed by atoms with E-state index in [-0.39, 0.29) is 17.2 Å². The minimum atomic E-state index is -0.156. The fourth-order valence-corrected chi connectivity index (χ4v) is 2.54. The highest BCUT2D eigenvalue weighted by Gasteiger charge is 2.14. The lowest BCUT2D eigenvalue weighted by Crippen LogP contribution is -2.34. The lowest BCUT2D eigenvalue weighted by molar-refractivity contribution is 0.0927. The normalized spacial score (nSPS) is 11.0. The van der Waals surface area contributed by atoms with Gasteiger partial charge in [-0.2, -0.15) is 0 Å². The Morgan fingerprint density at radius 1 is 0.800 bits per heavy atom. The molecule has 0 radical (unpaired) electrons. The summed E-state index contributed by atoms with van der Waals surface area (Å²) in [4.78, 5) is 24.1. The number of halogens is 1. The van der Waals surface area contributed by atoms with Gasteiger partial charge in [-0.15, -0.1) is 0 Å². The Bertz CT molecular complexity index is 732. The van der Waals surface area contributed by atoms with E-state index in [1.165, 1.54) is 5.56 Å². The highest BCUT2D eigenvalue weighted by Crippen LogP contribution is 2.22. The minimum Gasteiger partial charge on any atom is -0.350 e. The van der Waals surface area contributed by atoms with Crippen LogP contribution in [0, 0.1) is 0 Å². The molecule has 0 saturated carbocycles. The predicted octanol–water partition coefficient (Wildman–Crippen LogP) is 3.91. The van der Waals surface area contributed by atoms with Crippen molar-refractivity contribution in [3.05, 3.63) is 69.7 Å². The lowest BCUT2D eigenvalue weighted by atomic mass is 9.87. The topological polar surface area (TPSA) is 58.2 Å². The summed E-state index contributed by atoms with van der Waals surface area (Å²) >= 11 is 3.33. The van der Waals surface area contributed by atoms with Crippen molar-refractivity contribution in [1.82, 2.24) is 10.6 Å². The molecule has 0 aliphatic rings. The smallest absolute Gasteiger partial charge is 0.251 e. The van der Waals surface area contributed by atoms with Crippen LogP contribution in [0.2, 0.25) is 0 Å². The summed E-state index contributed by atoms with van der Waals surface area (Å²) in [6, 6.07) is 14.7. The van der Waals surface area contributed by atoms with E-state index in [0.29, 0.717) is 24.2 Å². The summed E-state index contributed by atoms with van der Waals surface area (Å²) in [5.74, 6) is -0.297. The number of amides is 2. The molecule has 2 aromatic carbocycles. The van der Waals surface area contributed by atoms with E-state index < -0.39 is 0 Å². The summed E-state index contributed by atoms with van der Waals surface area (Å²) in [5, 5.41) is 5.60. The number of carbonyl (C=O) groups excluding carboxylic acids is 2. The van der Waals surface area contributed by atoms with Gasteiger partial charge in [-0.05, 0) is 47.4 Å². The molecule has 0 aliphatic carbocycles. The lowest BCUT2D eigenvalue weighted by Gasteiger charge is -2.19. The van der Waals surface area contributed by atoms with Crippen LogP contribution >= 0.6 is 15.9 Å². The van der Waals surface area contributed by atoms with E-state index in [0.717, 1.165) is 4.47 Å². The zero-order chi connectivity index (χ0) is 18.4. The van der Waals surface area contributed by atoms with Crippen molar-refractivity contribution in [2.24, 2.45) is 0 Å². The van der Waals surface area contributed by atoms with Gasteiger partial charge >= 0.3 is 0 Å². The monoisotopic (exact) mass is 402 g/mol. The van der Waals surface area contributed by atoms with E-state index in [1.807, 2.05) is 36.4 Å². The van der Waals surface area contributed by atoms with Crippen molar-refractivity contribution < 1.29 is 9.59 Å². The first-order valence-corrected chi connectivity index (χ1v) is 8.99. The molecule has 0 unspecified atom stereocenters. The first-order valence-electron chi connectivity index (χ1n) is 8.20. The van der Waals surface area contributed by atoms with Crippen LogP contribution in [0.4, 0.5) is 0 Å². The third-order valence-electron chi connectivity index (χ3n) is 3.82. The molecule has 0 atom stereocenters. The fraction of sp³-hybridized carbons (Fsp3) is 0.300. The second kappa shape index (κ2) is 8.30. The van der Waals surface area contributed by atoms with Gasteiger partial charge in [-0.3, -0.25) is 9.59 Å². The van der Waals surface area contributed by atoms with Crippen LogP contribution in [0.1, 0.15) is 47.1 Å². The van der Waals surface area contributed by atoms with Crippen LogP contribution in [-0.4, -0.2) is 24.9 Å². The van der Waals surface area contributed by atoms with Crippen LogP contribution in [0.5, 0.6) is 0 Å². The molecule has 4 nitrogen and oxygen atoms in total. The Labute approximate surface area is 157 Å². The van der Waals surface area contributed by atoms with Crippen molar-refractivity contribution in [3.63, 3.8) is 0 Å². The van der Waals surface area contributed by atoms with Crippen molar-refractivity contribution in [2.45, 2.75) is 26.2 Å². The van der Waals surface area contributed by atoms with Crippen molar-refractivity contribution >= 4 is 27.7 Å². The largest absolute Gasteiger partial charge is 0.350 e. The average molecular weight is 403 g/mol. The molecule has 2 N–H and O–H groups in total. The molecule has 0 fully saturated rings. The molecule has 0 heterocycles. The summed E-state index contributed by atoms with van der Waals surface area (Å²) in [5.41, 5.74) is 2.46. The second-order valence-corrected chi connectivity index (χ2v) is 7.76. The predicted molar refractivity (Wildman–Crippen MR) is 104 cm³/mol. The number of hydrogen-bond donors (Lipinski definition) is 2. The van der Waals surface area contributed by atoms with E-state index in [4.69, 9.17) is 0 Å². The summed E-state index contributed by atoms with van der Waals surface area (Å²) in [6.45, 7) is 7.16. The third kappa shape index (κ3) is 5.71. The van der Waals surface area contributed by atoms with Crippen molar-refractivity contribution in [2.75, 3.05) is 13.1 Å². The Kier molecular flexibility index (Phi) is 6.37. The van der Waals surface area contributed by atoms with Crippen molar-refractivity contribution in [1.29, 1.82) is 0 Å². The molecule has 0 saturated heterocycles. The first kappa shape index (κ1) is 19.2. The van der Waals surface area contributed by atoms with Crippen LogP contribution in [-0.2, 0) is 5.41 Å². The number of nitrogens with one attached hydrogen (secondary N) is 2. The first-order chi connectivity index (χ1) is 11.8. The molecular formula is C20H23BrN2O2. The standard InChI is InChI=1S/C20H23BrN2O2/c1-20(2,3)16-8-4-14(5-9-16)18(24)22-12-13-23-19(25)15-6-10-17(21)11-7-15/h4-11H,12-13H2,1-3H3,(H,22,24)(H,23,25). The molecule has 2 amide bonds. The Hall–Kier alpha value is -2.14. The molecule has 25 heavy (non-hydrogen) atoms. The van der Waals surface area contributed by atoms with Gasteiger partial charge in [0.2, 0.25) is 0 Å². The highest BCUT2D eigenvalue weighted by molar-refractivity contribution is 9.10. The maximum atomic E-state index is 12.1. The number of rotatable bonds is 5. The summed E-state index contributed by atoms with van der Waals surface area (Å²) in [7, 11) is 0. The van der Waals surface area contributed by atoms with Gasteiger partial charge in [-0.25, -0.2) is 0 Å². The molecule has 0 aliphatic heterocycles. The minimum absolute atomic E-state index is 0.0618. The zero-order valence-corrected chi connectivity index (χ0v) is 16.3. The molecule has 5 heteroatoms. The van der Waals surface area contributed by atoms with Gasteiger partial charge in [0.1, 0.15) is 0 Å². The quantitative estimate of drug-likeness (QED) is 0.744. The SMILES string of the molecule is CC(C)(C)c1ccc(C(=O)NCCNC(=O)c2ccc(Br)cc2)cc1. The molecule has 0 bridgehead atoms. The van der Waals surface area contributed by atoms with E-state index in [9.17, 15) is 9.59 Å². The van der Waals surface area contributed by atoms with Gasteiger partial charge in [0.15, 0.2) is 0 Å². The maximum absolute atomic E-state index is 12.1. The van der Waals surface area contributed by atoms with Gasteiger partial charge in [0, 0.05) is 28.7 Å². The molecule has 0 spiro atoms. The number of carbonyl (C=O) groups is 2. The molecular weight excluding hydrogens is 380 g/mol. The van der Waals surface area contributed by atoms with Gasteiger partial charge in [0.25, 0.3) is 11.8 Å². The van der Waals surface area contributed by atoms with E-state index >= 15 is 0 Å². The van der Waals surface area contributed by atoms with Gasteiger partial charge in [0.05, 0.1) is 0 Å². The zero-order valence-electron chi connectivity index (χ0n) is 14.7. The number of hydrogen-bond acceptors (Lipinski definition) is 2. The van der Waals surface area contributed by atoms with Crippen molar-refractivity contribution in [3.8, 4) is 0 Å². The Balaban J connectivity index is 1.78. The van der Waals surface area contributed by atoms with Gasteiger partial charge in [-0.1, -0.05) is 48.8 Å². The Morgan fingerprint density at radius 3 is 1.60 bits per heavy atom. The summed E-state index contributed by atoms with van der Waals surface area (Å²) < 4.78 is 0.925. The van der Waals surface area contributed by atoms with Crippen LogP contribution in [0.25, 0.3) is 0 Å². The van der Waals surface area contributed by atoms with Crippen LogP contribution < -0.4 is 10.6 Å². The van der Waals surface area contributed by atoms with E-state index in [2.05, 4.69) is 47.3 Å². The maximum Gasteiger partial charge on any atom is 0.251 e. The van der Waals surface area contributed by atoms with Crippen LogP contribution in [0.15, 0.2) is 53.0 Å². The molecule has 0 aromatic heterocycles. The number of benzene rings is 2. The molecule has 2 rings (SSSR count). The molecule has 132 valence electrons.